The Balaban J connectivity index is 1.69. The Bertz CT molecular complexity index is 865. The summed E-state index contributed by atoms with van der Waals surface area (Å²) in [4.78, 5) is 5.37. The van der Waals surface area contributed by atoms with Crippen molar-refractivity contribution in [2.45, 2.75) is 32.2 Å². The fraction of sp³-hybridized carbons (Fsp3) is 0.391. The summed E-state index contributed by atoms with van der Waals surface area (Å²) in [6, 6.07) is 11.1. The number of hydrogen-bond acceptors (Lipinski definition) is 3. The van der Waals surface area contributed by atoms with Gasteiger partial charge in [-0.05, 0) is 72.2 Å². The summed E-state index contributed by atoms with van der Waals surface area (Å²) in [5.74, 6) is -0.198. The molecule has 0 aromatic heterocycles. The molecular formula is C23H27FN2O. The van der Waals surface area contributed by atoms with E-state index in [1.807, 2.05) is 17.2 Å². The first-order valence-corrected chi connectivity index (χ1v) is 9.64. The number of halogens is 1. The summed E-state index contributed by atoms with van der Waals surface area (Å²) in [6.45, 7) is 7.14. The van der Waals surface area contributed by atoms with Crippen LogP contribution < -0.4 is 5.32 Å². The zero-order valence-corrected chi connectivity index (χ0v) is 16.3. The third-order valence-electron chi connectivity index (χ3n) is 6.10. The maximum atomic E-state index is 13.3. The molecule has 1 saturated heterocycles. The van der Waals surface area contributed by atoms with Crippen LogP contribution in [0.2, 0.25) is 0 Å². The van der Waals surface area contributed by atoms with Crippen LogP contribution in [0.3, 0.4) is 0 Å². The molecule has 2 aliphatic rings. The van der Waals surface area contributed by atoms with Gasteiger partial charge in [0.1, 0.15) is 5.82 Å². The van der Waals surface area contributed by atoms with E-state index >= 15 is 0 Å². The van der Waals surface area contributed by atoms with Gasteiger partial charge in [0.25, 0.3) is 0 Å². The van der Waals surface area contributed by atoms with Crippen molar-refractivity contribution in [3.63, 3.8) is 0 Å². The van der Waals surface area contributed by atoms with Crippen molar-refractivity contribution < 1.29 is 9.23 Å². The average molecular weight is 366 g/mol. The van der Waals surface area contributed by atoms with Crippen LogP contribution in [-0.4, -0.2) is 37.3 Å². The molecule has 0 atom stereocenters. The first-order valence-electron chi connectivity index (χ1n) is 9.64. The summed E-state index contributed by atoms with van der Waals surface area (Å²) in [6.07, 6.45) is 4.56. The smallest absolute Gasteiger partial charge is 0.123 e. The highest BCUT2D eigenvalue weighted by Crippen LogP contribution is 2.37. The van der Waals surface area contributed by atoms with Crippen molar-refractivity contribution in [1.82, 2.24) is 10.4 Å². The molecule has 1 fully saturated rings. The normalized spacial score (nSPS) is 19.5. The molecule has 2 aromatic rings. The van der Waals surface area contributed by atoms with Gasteiger partial charge in [-0.25, -0.2) is 4.39 Å². The fourth-order valence-corrected chi connectivity index (χ4v) is 4.54. The molecule has 3 nitrogen and oxygen atoms in total. The van der Waals surface area contributed by atoms with E-state index in [1.165, 1.54) is 40.0 Å². The monoisotopic (exact) mass is 366 g/mol. The second-order valence-electron chi connectivity index (χ2n) is 7.73. The van der Waals surface area contributed by atoms with Crippen molar-refractivity contribution in [3.05, 3.63) is 65.0 Å². The molecule has 2 aliphatic heterocycles. The van der Waals surface area contributed by atoms with Gasteiger partial charge >= 0.3 is 0 Å². The maximum absolute atomic E-state index is 13.3. The molecule has 2 aromatic carbocycles. The Labute approximate surface area is 160 Å². The summed E-state index contributed by atoms with van der Waals surface area (Å²) in [7, 11) is 1.75. The zero-order valence-electron chi connectivity index (χ0n) is 16.3. The predicted molar refractivity (Wildman–Crippen MR) is 108 cm³/mol. The molecule has 4 rings (SSSR count). The zero-order chi connectivity index (χ0) is 19.0. The van der Waals surface area contributed by atoms with Crippen LogP contribution in [0.4, 0.5) is 4.39 Å². The van der Waals surface area contributed by atoms with E-state index in [-0.39, 0.29) is 11.4 Å². The highest BCUT2D eigenvalue weighted by molar-refractivity contribution is 5.81. The lowest BCUT2D eigenvalue weighted by Crippen LogP contribution is -2.49. The Morgan fingerprint density at radius 2 is 1.74 bits per heavy atom. The Kier molecular flexibility index (Phi) is 4.89. The van der Waals surface area contributed by atoms with Crippen molar-refractivity contribution in [3.8, 4) is 11.1 Å². The van der Waals surface area contributed by atoms with Crippen LogP contribution in [-0.2, 0) is 4.84 Å². The first kappa shape index (κ1) is 18.4. The number of hydrogen-bond donors (Lipinski definition) is 1. The van der Waals surface area contributed by atoms with Crippen LogP contribution in [0.5, 0.6) is 0 Å². The largest absolute Gasteiger partial charge is 0.304 e. The third kappa shape index (κ3) is 3.45. The minimum absolute atomic E-state index is 0.0785. The molecule has 142 valence electrons. The van der Waals surface area contributed by atoms with Gasteiger partial charge in [0.2, 0.25) is 0 Å². The molecule has 27 heavy (non-hydrogen) atoms. The molecule has 4 heteroatoms. The van der Waals surface area contributed by atoms with Crippen LogP contribution in [0, 0.1) is 19.7 Å². The van der Waals surface area contributed by atoms with Crippen molar-refractivity contribution in [2.24, 2.45) is 0 Å². The molecule has 0 amide bonds. The molecule has 0 bridgehead atoms. The Morgan fingerprint density at radius 1 is 1.04 bits per heavy atom. The summed E-state index contributed by atoms with van der Waals surface area (Å²) in [5.41, 5.74) is 7.57. The van der Waals surface area contributed by atoms with Crippen molar-refractivity contribution >= 4 is 5.57 Å². The van der Waals surface area contributed by atoms with E-state index < -0.39 is 0 Å². The minimum atomic E-state index is -0.198. The van der Waals surface area contributed by atoms with E-state index in [2.05, 4.69) is 37.4 Å². The van der Waals surface area contributed by atoms with E-state index in [1.54, 1.807) is 7.11 Å². The molecule has 0 saturated carbocycles. The lowest BCUT2D eigenvalue weighted by molar-refractivity contribution is -0.148. The van der Waals surface area contributed by atoms with Gasteiger partial charge in [0.05, 0.1) is 7.11 Å². The SMILES string of the molecule is CON1CCC2(C=C(c3c(C)ccc(-c4ccc(F)cc4)c3C)CN2)CC1. The minimum Gasteiger partial charge on any atom is -0.304 e. The predicted octanol–water partition coefficient (Wildman–Crippen LogP) is 4.49. The molecule has 0 aliphatic carbocycles. The number of aryl methyl sites for hydroxylation is 1. The third-order valence-corrected chi connectivity index (χ3v) is 6.10. The van der Waals surface area contributed by atoms with Crippen LogP contribution in [0.25, 0.3) is 16.7 Å². The molecule has 1 spiro atoms. The van der Waals surface area contributed by atoms with Gasteiger partial charge < -0.3 is 10.2 Å². The van der Waals surface area contributed by atoms with Gasteiger partial charge in [0.15, 0.2) is 0 Å². The highest BCUT2D eigenvalue weighted by atomic mass is 19.1. The maximum Gasteiger partial charge on any atom is 0.123 e. The fourth-order valence-electron chi connectivity index (χ4n) is 4.54. The van der Waals surface area contributed by atoms with Crippen LogP contribution in [0.1, 0.15) is 29.5 Å². The topological polar surface area (TPSA) is 24.5 Å². The Morgan fingerprint density at radius 3 is 2.41 bits per heavy atom. The average Bonchev–Trinajstić information content (AvgIpc) is 3.07. The number of nitrogens with zero attached hydrogens (tertiary/aromatic N) is 1. The van der Waals surface area contributed by atoms with Crippen molar-refractivity contribution in [1.29, 1.82) is 0 Å². The summed E-state index contributed by atoms with van der Waals surface area (Å²) < 4.78 is 13.3. The second kappa shape index (κ2) is 7.19. The van der Waals surface area contributed by atoms with Gasteiger partial charge in [0, 0.05) is 25.2 Å². The van der Waals surface area contributed by atoms with Crippen molar-refractivity contribution in [2.75, 3.05) is 26.7 Å². The van der Waals surface area contributed by atoms with E-state index in [4.69, 9.17) is 4.84 Å². The van der Waals surface area contributed by atoms with Gasteiger partial charge in [-0.15, -0.1) is 0 Å². The Hall–Kier alpha value is -2.01. The van der Waals surface area contributed by atoms with E-state index in [9.17, 15) is 4.39 Å². The van der Waals surface area contributed by atoms with E-state index in [0.717, 1.165) is 38.0 Å². The first-order chi connectivity index (χ1) is 13.0. The molecule has 2 heterocycles. The van der Waals surface area contributed by atoms with Crippen LogP contribution >= 0.6 is 0 Å². The van der Waals surface area contributed by atoms with Gasteiger partial charge in [-0.2, -0.15) is 5.06 Å². The summed E-state index contributed by atoms with van der Waals surface area (Å²) in [5, 5.41) is 5.79. The van der Waals surface area contributed by atoms with Gasteiger partial charge in [-0.3, -0.25) is 0 Å². The van der Waals surface area contributed by atoms with Crippen LogP contribution in [0.15, 0.2) is 42.5 Å². The van der Waals surface area contributed by atoms with Gasteiger partial charge in [-0.1, -0.05) is 30.3 Å². The standard InChI is InChI=1S/C23H27FN2O/c1-16-4-9-21(18-5-7-20(24)8-6-18)17(2)22(16)19-14-23(25-15-19)10-12-26(27-3)13-11-23/h4-9,14,25H,10-13,15H2,1-3H3. The van der Waals surface area contributed by atoms with E-state index in [0.29, 0.717) is 0 Å². The molecule has 0 unspecified atom stereocenters. The lowest BCUT2D eigenvalue weighted by Gasteiger charge is -2.37. The molecule has 1 N–H and O–H groups in total. The molecule has 0 radical (unpaired) electrons. The number of benzene rings is 2. The number of hydroxylamine groups is 2. The second-order valence-corrected chi connectivity index (χ2v) is 7.73. The lowest BCUT2D eigenvalue weighted by atomic mass is 9.86. The highest BCUT2D eigenvalue weighted by Gasteiger charge is 2.37. The molecular weight excluding hydrogens is 339 g/mol. The number of piperidine rings is 1. The summed E-state index contributed by atoms with van der Waals surface area (Å²) >= 11 is 0. The number of rotatable bonds is 3. The quantitative estimate of drug-likeness (QED) is 0.866. The number of nitrogens with one attached hydrogen (secondary N) is 1.